The lowest BCUT2D eigenvalue weighted by molar-refractivity contribution is 0.221. The van der Waals surface area contributed by atoms with E-state index in [1.165, 1.54) is 37.9 Å². The highest BCUT2D eigenvalue weighted by atomic mass is 16.2. The van der Waals surface area contributed by atoms with E-state index in [1.54, 1.807) is 12.4 Å². The molecule has 1 aliphatic heterocycles. The number of benzene rings is 1. The molecule has 3 rings (SSSR count). The lowest BCUT2D eigenvalue weighted by Gasteiger charge is -2.26. The van der Waals surface area contributed by atoms with Crippen molar-refractivity contribution in [2.45, 2.75) is 45.3 Å². The molecule has 0 aliphatic carbocycles. The highest BCUT2D eigenvalue weighted by molar-refractivity contribution is 5.74. The average Bonchev–Trinajstić information content (AvgIpc) is 2.69. The summed E-state index contributed by atoms with van der Waals surface area (Å²) in [7, 11) is 0. The van der Waals surface area contributed by atoms with Gasteiger partial charge in [0.05, 0.1) is 6.04 Å². The fourth-order valence-corrected chi connectivity index (χ4v) is 3.30. The topological polar surface area (TPSA) is 57.3 Å². The van der Waals surface area contributed by atoms with E-state index in [4.69, 9.17) is 0 Å². The average molecular weight is 352 g/mol. The minimum atomic E-state index is -0.160. The first-order valence-electron chi connectivity index (χ1n) is 9.45. The van der Waals surface area contributed by atoms with Gasteiger partial charge in [0, 0.05) is 25.5 Å². The van der Waals surface area contributed by atoms with Gasteiger partial charge in [0.25, 0.3) is 0 Å². The van der Waals surface area contributed by atoms with Gasteiger partial charge in [-0.3, -0.25) is 9.88 Å². The van der Waals surface area contributed by atoms with E-state index in [9.17, 15) is 4.79 Å². The Hall–Kier alpha value is -2.40. The van der Waals surface area contributed by atoms with Crippen LogP contribution in [-0.2, 0) is 13.1 Å². The summed E-state index contributed by atoms with van der Waals surface area (Å²) in [5, 5.41) is 5.87. The number of nitrogens with zero attached hydrogens (tertiary/aromatic N) is 2. The lowest BCUT2D eigenvalue weighted by atomic mass is 10.1. The van der Waals surface area contributed by atoms with Crippen molar-refractivity contribution in [3.05, 3.63) is 65.5 Å². The quantitative estimate of drug-likeness (QED) is 0.835. The molecule has 138 valence electrons. The Bertz CT molecular complexity index is 681. The maximum atomic E-state index is 12.1. The van der Waals surface area contributed by atoms with Crippen LogP contribution in [0, 0.1) is 0 Å². The van der Waals surface area contributed by atoms with Crippen molar-refractivity contribution in [2.24, 2.45) is 0 Å². The van der Waals surface area contributed by atoms with Crippen molar-refractivity contribution in [3.8, 4) is 0 Å². The molecule has 5 heteroatoms. The van der Waals surface area contributed by atoms with Crippen LogP contribution < -0.4 is 10.6 Å². The molecule has 1 aliphatic rings. The highest BCUT2D eigenvalue weighted by Gasteiger charge is 2.11. The number of nitrogens with one attached hydrogen (secondary N) is 2. The maximum absolute atomic E-state index is 12.1. The number of urea groups is 1. The first-order chi connectivity index (χ1) is 12.7. The number of amides is 2. The Morgan fingerprint density at radius 3 is 2.38 bits per heavy atom. The number of aromatic nitrogens is 1. The summed E-state index contributed by atoms with van der Waals surface area (Å²) >= 11 is 0. The van der Waals surface area contributed by atoms with E-state index in [2.05, 4.69) is 44.8 Å². The summed E-state index contributed by atoms with van der Waals surface area (Å²) in [5.41, 5.74) is 3.49. The van der Waals surface area contributed by atoms with Crippen molar-refractivity contribution < 1.29 is 4.79 Å². The smallest absolute Gasteiger partial charge is 0.315 e. The zero-order valence-corrected chi connectivity index (χ0v) is 15.4. The normalized spacial score (nSPS) is 16.0. The first-order valence-corrected chi connectivity index (χ1v) is 9.45. The zero-order valence-electron chi connectivity index (χ0n) is 15.4. The minimum absolute atomic E-state index is 0.0510. The number of likely N-dealkylation sites (tertiary alicyclic amines) is 1. The van der Waals surface area contributed by atoms with Crippen LogP contribution in [0.1, 0.15) is 48.9 Å². The van der Waals surface area contributed by atoms with Gasteiger partial charge in [0.2, 0.25) is 0 Å². The molecule has 1 aromatic carbocycles. The Morgan fingerprint density at radius 1 is 1.04 bits per heavy atom. The molecule has 2 heterocycles. The van der Waals surface area contributed by atoms with Crippen LogP contribution in [0.3, 0.4) is 0 Å². The summed E-state index contributed by atoms with van der Waals surface area (Å²) in [6, 6.07) is 12.2. The molecule has 2 aromatic rings. The molecular weight excluding hydrogens is 324 g/mol. The van der Waals surface area contributed by atoms with Crippen LogP contribution in [0.15, 0.2) is 48.8 Å². The van der Waals surface area contributed by atoms with E-state index in [0.29, 0.717) is 6.54 Å². The fraction of sp³-hybridized carbons (Fsp3) is 0.429. The molecule has 2 N–H and O–H groups in total. The van der Waals surface area contributed by atoms with Crippen LogP contribution >= 0.6 is 0 Å². The van der Waals surface area contributed by atoms with E-state index in [1.807, 2.05) is 19.1 Å². The molecular formula is C21H28N4O. The van der Waals surface area contributed by atoms with Gasteiger partial charge in [-0.05, 0) is 61.7 Å². The first kappa shape index (κ1) is 18.4. The second kappa shape index (κ2) is 9.34. The second-order valence-electron chi connectivity index (χ2n) is 6.98. The Morgan fingerprint density at radius 2 is 1.69 bits per heavy atom. The van der Waals surface area contributed by atoms with Crippen molar-refractivity contribution in [3.63, 3.8) is 0 Å². The van der Waals surface area contributed by atoms with Gasteiger partial charge in [-0.1, -0.05) is 30.7 Å². The summed E-state index contributed by atoms with van der Waals surface area (Å²) in [6.07, 6.45) is 7.46. The number of piperidine rings is 1. The SMILES string of the molecule is CC(NC(=O)NCc1ccc(CN2CCCCC2)cc1)c1ccncc1. The van der Waals surface area contributed by atoms with Crippen LogP contribution in [0.25, 0.3) is 0 Å². The number of pyridine rings is 1. The zero-order chi connectivity index (χ0) is 18.2. The number of carbonyl (C=O) groups is 1. The molecule has 26 heavy (non-hydrogen) atoms. The Kier molecular flexibility index (Phi) is 6.61. The third kappa shape index (κ3) is 5.56. The van der Waals surface area contributed by atoms with Gasteiger partial charge < -0.3 is 10.6 Å². The third-order valence-corrected chi connectivity index (χ3v) is 4.88. The standard InChI is InChI=1S/C21H28N4O/c1-17(20-9-11-22-12-10-20)24-21(26)23-15-18-5-7-19(8-6-18)16-25-13-3-2-4-14-25/h5-12,17H,2-4,13-16H2,1H3,(H2,23,24,26). The second-order valence-corrected chi connectivity index (χ2v) is 6.98. The summed E-state index contributed by atoms with van der Waals surface area (Å²) in [6.45, 7) is 5.93. The molecule has 5 nitrogen and oxygen atoms in total. The largest absolute Gasteiger partial charge is 0.334 e. The predicted octanol–water partition coefficient (Wildman–Crippen LogP) is 3.63. The third-order valence-electron chi connectivity index (χ3n) is 4.88. The summed E-state index contributed by atoms with van der Waals surface area (Å²) < 4.78 is 0. The number of rotatable bonds is 6. The Labute approximate surface area is 155 Å². The van der Waals surface area contributed by atoms with Gasteiger partial charge in [0.1, 0.15) is 0 Å². The van der Waals surface area contributed by atoms with Gasteiger partial charge in [0.15, 0.2) is 0 Å². The fourth-order valence-electron chi connectivity index (χ4n) is 3.30. The molecule has 0 saturated carbocycles. The van der Waals surface area contributed by atoms with Crippen LogP contribution in [0.2, 0.25) is 0 Å². The minimum Gasteiger partial charge on any atom is -0.334 e. The molecule has 1 saturated heterocycles. The van der Waals surface area contributed by atoms with Crippen LogP contribution in [0.4, 0.5) is 4.79 Å². The molecule has 2 amide bonds. The van der Waals surface area contributed by atoms with Gasteiger partial charge in [-0.2, -0.15) is 0 Å². The molecule has 1 atom stereocenters. The molecule has 0 radical (unpaired) electrons. The Balaban J connectivity index is 1.43. The van der Waals surface area contributed by atoms with Gasteiger partial charge >= 0.3 is 6.03 Å². The lowest BCUT2D eigenvalue weighted by Crippen LogP contribution is -2.36. The van der Waals surface area contributed by atoms with Gasteiger partial charge in [-0.15, -0.1) is 0 Å². The molecule has 0 bridgehead atoms. The van der Waals surface area contributed by atoms with Crippen molar-refractivity contribution in [1.82, 2.24) is 20.5 Å². The molecule has 0 spiro atoms. The summed E-state index contributed by atoms with van der Waals surface area (Å²) in [4.78, 5) is 18.6. The molecule has 1 fully saturated rings. The summed E-state index contributed by atoms with van der Waals surface area (Å²) in [5.74, 6) is 0. The van der Waals surface area contributed by atoms with Gasteiger partial charge in [-0.25, -0.2) is 4.79 Å². The van der Waals surface area contributed by atoms with E-state index >= 15 is 0 Å². The number of hydrogen-bond acceptors (Lipinski definition) is 3. The number of hydrogen-bond donors (Lipinski definition) is 2. The highest BCUT2D eigenvalue weighted by Crippen LogP contribution is 2.14. The number of carbonyl (C=O) groups excluding carboxylic acids is 1. The van der Waals surface area contributed by atoms with Crippen LogP contribution in [0.5, 0.6) is 0 Å². The molecule has 1 unspecified atom stereocenters. The monoisotopic (exact) mass is 352 g/mol. The van der Waals surface area contributed by atoms with Crippen molar-refractivity contribution in [1.29, 1.82) is 0 Å². The van der Waals surface area contributed by atoms with E-state index < -0.39 is 0 Å². The van der Waals surface area contributed by atoms with Crippen molar-refractivity contribution in [2.75, 3.05) is 13.1 Å². The maximum Gasteiger partial charge on any atom is 0.315 e. The van der Waals surface area contributed by atoms with Crippen LogP contribution in [-0.4, -0.2) is 29.0 Å². The molecule has 1 aromatic heterocycles. The predicted molar refractivity (Wildman–Crippen MR) is 104 cm³/mol. The van der Waals surface area contributed by atoms with E-state index in [0.717, 1.165) is 17.7 Å². The van der Waals surface area contributed by atoms with E-state index in [-0.39, 0.29) is 12.1 Å². The van der Waals surface area contributed by atoms with Crippen molar-refractivity contribution >= 4 is 6.03 Å².